The molecule has 6 nitrogen and oxygen atoms in total. The van der Waals surface area contributed by atoms with Crippen molar-refractivity contribution in [3.05, 3.63) is 40.6 Å². The molecule has 1 aromatic carbocycles. The molecule has 2 aromatic rings. The smallest absolute Gasteiger partial charge is 0.310 e. The molecule has 0 aliphatic heterocycles. The predicted molar refractivity (Wildman–Crippen MR) is 70.0 cm³/mol. The van der Waals surface area contributed by atoms with Gasteiger partial charge < -0.3 is 9.67 Å². The first-order chi connectivity index (χ1) is 8.81. The minimum atomic E-state index is -0.895. The fraction of sp³-hybridized carbons (Fsp3) is 0.308. The van der Waals surface area contributed by atoms with Crippen LogP contribution in [0.2, 0.25) is 0 Å². The van der Waals surface area contributed by atoms with Crippen LogP contribution in [0.25, 0.3) is 10.9 Å². The maximum Gasteiger partial charge on any atom is 0.310 e. The van der Waals surface area contributed by atoms with Gasteiger partial charge in [0.05, 0.1) is 10.3 Å². The molecule has 100 valence electrons. The maximum atomic E-state index is 11.1. The highest BCUT2D eigenvalue weighted by Crippen LogP contribution is 2.25. The number of fused-ring (bicyclic) bond motifs is 1. The quantitative estimate of drug-likeness (QED) is 0.678. The minimum absolute atomic E-state index is 0.0303. The lowest BCUT2D eigenvalue weighted by molar-refractivity contribution is -0.384. The topological polar surface area (TPSA) is 85.4 Å². The van der Waals surface area contributed by atoms with Gasteiger partial charge in [-0.15, -0.1) is 0 Å². The molecule has 0 fully saturated rings. The molecule has 0 amide bonds. The molecular weight excluding hydrogens is 248 g/mol. The zero-order chi connectivity index (χ0) is 14.2. The Balaban J connectivity index is 2.42. The van der Waals surface area contributed by atoms with E-state index >= 15 is 0 Å². The molecule has 0 saturated heterocycles. The average Bonchev–Trinajstić information content (AvgIpc) is 2.71. The van der Waals surface area contributed by atoms with Crippen LogP contribution in [0.1, 0.15) is 13.8 Å². The first-order valence-corrected chi connectivity index (χ1v) is 5.78. The van der Waals surface area contributed by atoms with Gasteiger partial charge >= 0.3 is 5.97 Å². The van der Waals surface area contributed by atoms with Crippen molar-refractivity contribution in [2.75, 3.05) is 0 Å². The van der Waals surface area contributed by atoms with Gasteiger partial charge in [-0.2, -0.15) is 0 Å². The van der Waals surface area contributed by atoms with E-state index in [9.17, 15) is 14.9 Å². The van der Waals surface area contributed by atoms with Crippen molar-refractivity contribution in [1.82, 2.24) is 4.57 Å². The Labute approximate surface area is 109 Å². The molecule has 2 rings (SSSR count). The van der Waals surface area contributed by atoms with Crippen molar-refractivity contribution in [3.8, 4) is 0 Å². The number of benzene rings is 1. The van der Waals surface area contributed by atoms with Crippen molar-refractivity contribution in [2.45, 2.75) is 20.4 Å². The summed E-state index contributed by atoms with van der Waals surface area (Å²) < 4.78 is 1.80. The molecule has 1 N–H and O–H groups in total. The molecule has 0 aliphatic carbocycles. The van der Waals surface area contributed by atoms with E-state index in [1.165, 1.54) is 12.1 Å². The number of nitrogens with zero attached hydrogens (tertiary/aromatic N) is 2. The standard InChI is InChI=1S/C13H14N2O4/c1-13(2,12(16)17)8-14-6-5-9-7-10(15(18)19)3-4-11(9)14/h3-7H,8H2,1-2H3,(H,16,17). The number of hydrogen-bond acceptors (Lipinski definition) is 3. The van der Waals surface area contributed by atoms with Crippen LogP contribution >= 0.6 is 0 Å². The zero-order valence-corrected chi connectivity index (χ0v) is 10.7. The van der Waals surface area contributed by atoms with Crippen LogP contribution in [0.15, 0.2) is 30.5 Å². The van der Waals surface area contributed by atoms with Gasteiger partial charge in [0.15, 0.2) is 0 Å². The van der Waals surface area contributed by atoms with Crippen molar-refractivity contribution >= 4 is 22.6 Å². The van der Waals surface area contributed by atoms with Gasteiger partial charge in [-0.1, -0.05) is 0 Å². The number of carboxylic acid groups (broad SMARTS) is 1. The van der Waals surface area contributed by atoms with Crippen molar-refractivity contribution in [1.29, 1.82) is 0 Å². The fourth-order valence-electron chi connectivity index (χ4n) is 1.93. The third kappa shape index (κ3) is 2.42. The van der Waals surface area contributed by atoms with Crippen molar-refractivity contribution in [3.63, 3.8) is 0 Å². The molecular formula is C13H14N2O4. The highest BCUT2D eigenvalue weighted by atomic mass is 16.6. The number of carboxylic acids is 1. The van der Waals surface area contributed by atoms with Crippen LogP contribution in [-0.4, -0.2) is 20.6 Å². The third-order valence-corrected chi connectivity index (χ3v) is 3.11. The number of non-ortho nitro benzene ring substituents is 1. The second-order valence-electron chi connectivity index (χ2n) is 5.13. The van der Waals surface area contributed by atoms with Gasteiger partial charge in [0, 0.05) is 35.8 Å². The summed E-state index contributed by atoms with van der Waals surface area (Å²) in [7, 11) is 0. The Kier molecular flexibility index (Phi) is 3.01. The van der Waals surface area contributed by atoms with Gasteiger partial charge in [-0.25, -0.2) is 0 Å². The number of carbonyl (C=O) groups is 1. The maximum absolute atomic E-state index is 11.1. The van der Waals surface area contributed by atoms with E-state index in [1.54, 1.807) is 36.7 Å². The summed E-state index contributed by atoms with van der Waals surface area (Å²) in [5.74, 6) is -0.878. The van der Waals surface area contributed by atoms with Crippen LogP contribution in [0.3, 0.4) is 0 Å². The van der Waals surface area contributed by atoms with E-state index < -0.39 is 16.3 Å². The number of nitro groups is 1. The van der Waals surface area contributed by atoms with E-state index in [0.717, 1.165) is 10.9 Å². The highest BCUT2D eigenvalue weighted by molar-refractivity contribution is 5.83. The van der Waals surface area contributed by atoms with E-state index in [4.69, 9.17) is 5.11 Å². The van der Waals surface area contributed by atoms with Crippen molar-refractivity contribution < 1.29 is 14.8 Å². The molecule has 19 heavy (non-hydrogen) atoms. The Morgan fingerprint density at radius 2 is 2.11 bits per heavy atom. The van der Waals surface area contributed by atoms with Gasteiger partial charge in [-0.3, -0.25) is 14.9 Å². The predicted octanol–water partition coefficient (Wildman–Crippen LogP) is 2.66. The second-order valence-corrected chi connectivity index (χ2v) is 5.13. The molecule has 0 radical (unpaired) electrons. The van der Waals surface area contributed by atoms with Crippen LogP contribution in [0.4, 0.5) is 5.69 Å². The Bertz CT molecular complexity index is 658. The minimum Gasteiger partial charge on any atom is -0.481 e. The lowest BCUT2D eigenvalue weighted by atomic mass is 9.94. The molecule has 6 heteroatoms. The summed E-state index contributed by atoms with van der Waals surface area (Å²) in [6, 6.07) is 6.30. The monoisotopic (exact) mass is 262 g/mol. The van der Waals surface area contributed by atoms with Gasteiger partial charge in [0.1, 0.15) is 0 Å². The lowest BCUT2D eigenvalue weighted by Gasteiger charge is -2.20. The van der Waals surface area contributed by atoms with Gasteiger partial charge in [-0.05, 0) is 26.0 Å². The first kappa shape index (κ1) is 13.1. The zero-order valence-electron chi connectivity index (χ0n) is 10.7. The molecule has 0 bridgehead atoms. The summed E-state index contributed by atoms with van der Waals surface area (Å²) in [6.45, 7) is 3.60. The van der Waals surface area contributed by atoms with Crippen LogP contribution in [0, 0.1) is 15.5 Å². The summed E-state index contributed by atoms with van der Waals surface area (Å²) in [5, 5.41) is 20.5. The number of nitro benzene ring substituents is 1. The van der Waals surface area contributed by atoms with Gasteiger partial charge in [0.25, 0.3) is 5.69 Å². The first-order valence-electron chi connectivity index (χ1n) is 5.78. The largest absolute Gasteiger partial charge is 0.481 e. The summed E-state index contributed by atoms with van der Waals surface area (Å²) in [6.07, 6.45) is 1.75. The molecule has 0 saturated carbocycles. The van der Waals surface area contributed by atoms with E-state index in [0.29, 0.717) is 6.54 Å². The van der Waals surface area contributed by atoms with E-state index in [1.807, 2.05) is 0 Å². The molecule has 0 unspecified atom stereocenters. The SMILES string of the molecule is CC(C)(Cn1ccc2cc([N+](=O)[O-])ccc21)C(=O)O. The molecule has 0 atom stereocenters. The fourth-order valence-corrected chi connectivity index (χ4v) is 1.93. The number of aliphatic carboxylic acids is 1. The molecule has 1 aromatic heterocycles. The normalized spacial score (nSPS) is 11.7. The average molecular weight is 262 g/mol. The van der Waals surface area contributed by atoms with E-state index in [-0.39, 0.29) is 5.69 Å². The van der Waals surface area contributed by atoms with E-state index in [2.05, 4.69) is 0 Å². The third-order valence-electron chi connectivity index (χ3n) is 3.11. The van der Waals surface area contributed by atoms with Crippen LogP contribution < -0.4 is 0 Å². The molecule has 0 spiro atoms. The second kappa shape index (κ2) is 4.38. The highest BCUT2D eigenvalue weighted by Gasteiger charge is 2.28. The summed E-state index contributed by atoms with van der Waals surface area (Å²) in [4.78, 5) is 21.4. The number of hydrogen-bond donors (Lipinski definition) is 1. The Morgan fingerprint density at radius 1 is 1.42 bits per heavy atom. The Morgan fingerprint density at radius 3 is 2.68 bits per heavy atom. The number of rotatable bonds is 4. The lowest BCUT2D eigenvalue weighted by Crippen LogP contribution is -2.28. The van der Waals surface area contributed by atoms with Crippen LogP contribution in [-0.2, 0) is 11.3 Å². The number of aromatic nitrogens is 1. The van der Waals surface area contributed by atoms with Crippen LogP contribution in [0.5, 0.6) is 0 Å². The summed E-state index contributed by atoms with van der Waals surface area (Å²) >= 11 is 0. The van der Waals surface area contributed by atoms with Gasteiger partial charge in [0.2, 0.25) is 0 Å². The van der Waals surface area contributed by atoms with Crippen molar-refractivity contribution in [2.24, 2.45) is 5.41 Å². The summed E-state index contributed by atoms with van der Waals surface area (Å²) in [5.41, 5.74) is -0.0732. The Hall–Kier alpha value is -2.37. The molecule has 1 heterocycles. The molecule has 0 aliphatic rings.